The quantitative estimate of drug-likeness (QED) is 0.677. The second kappa shape index (κ2) is 4.22. The molecule has 0 bridgehead atoms. The van der Waals surface area contributed by atoms with E-state index >= 15 is 0 Å². The van der Waals surface area contributed by atoms with Crippen molar-refractivity contribution < 1.29 is 0 Å². The highest BCUT2D eigenvalue weighted by molar-refractivity contribution is 4.85. The summed E-state index contributed by atoms with van der Waals surface area (Å²) in [7, 11) is 0. The highest BCUT2D eigenvalue weighted by atomic mass is 14.9. The summed E-state index contributed by atoms with van der Waals surface area (Å²) in [4.78, 5) is 0. The zero-order valence-corrected chi connectivity index (χ0v) is 9.81. The van der Waals surface area contributed by atoms with Gasteiger partial charge in [0.2, 0.25) is 0 Å². The van der Waals surface area contributed by atoms with E-state index in [0.29, 0.717) is 5.41 Å². The number of hydrogen-bond donors (Lipinski definition) is 1. The van der Waals surface area contributed by atoms with Crippen molar-refractivity contribution >= 4 is 0 Å². The lowest BCUT2D eigenvalue weighted by Gasteiger charge is -2.40. The summed E-state index contributed by atoms with van der Waals surface area (Å²) in [5.74, 6) is 2.08. The van der Waals surface area contributed by atoms with Gasteiger partial charge in [0.05, 0.1) is 0 Å². The Labute approximate surface area is 88.7 Å². The van der Waals surface area contributed by atoms with Gasteiger partial charge in [-0.2, -0.15) is 0 Å². The van der Waals surface area contributed by atoms with Crippen LogP contribution in [0.3, 0.4) is 0 Å². The SMILES string of the molecule is CC1(C)CCCC(C2CCNCC2)C1. The molecular formula is C13H25N. The van der Waals surface area contributed by atoms with Crippen LogP contribution in [0.4, 0.5) is 0 Å². The van der Waals surface area contributed by atoms with E-state index in [9.17, 15) is 0 Å². The third kappa shape index (κ3) is 2.50. The lowest BCUT2D eigenvalue weighted by atomic mass is 9.66. The van der Waals surface area contributed by atoms with E-state index in [2.05, 4.69) is 19.2 Å². The maximum absolute atomic E-state index is 3.47. The molecule has 2 rings (SSSR count). The first kappa shape index (κ1) is 10.5. The van der Waals surface area contributed by atoms with Crippen LogP contribution in [0.2, 0.25) is 0 Å². The first-order valence-electron chi connectivity index (χ1n) is 6.38. The molecule has 1 aliphatic carbocycles. The molecule has 0 amide bonds. The zero-order valence-electron chi connectivity index (χ0n) is 9.81. The summed E-state index contributed by atoms with van der Waals surface area (Å²) < 4.78 is 0. The van der Waals surface area contributed by atoms with Gasteiger partial charge in [0.1, 0.15) is 0 Å². The van der Waals surface area contributed by atoms with Crippen molar-refractivity contribution in [3.8, 4) is 0 Å². The molecule has 14 heavy (non-hydrogen) atoms. The molecule has 1 nitrogen and oxygen atoms in total. The van der Waals surface area contributed by atoms with Crippen LogP contribution in [0.15, 0.2) is 0 Å². The molecule has 0 spiro atoms. The molecule has 2 fully saturated rings. The Morgan fingerprint density at radius 1 is 1.00 bits per heavy atom. The molecule has 0 aromatic rings. The third-order valence-electron chi connectivity index (χ3n) is 4.29. The molecule has 82 valence electrons. The lowest BCUT2D eigenvalue weighted by molar-refractivity contribution is 0.116. The summed E-state index contributed by atoms with van der Waals surface area (Å²) in [6.07, 6.45) is 8.78. The van der Waals surface area contributed by atoms with Crippen LogP contribution in [0.5, 0.6) is 0 Å². The van der Waals surface area contributed by atoms with Crippen molar-refractivity contribution in [3.05, 3.63) is 0 Å². The molecule has 1 saturated heterocycles. The second-order valence-electron chi connectivity index (χ2n) is 6.11. The summed E-state index contributed by atoms with van der Waals surface area (Å²) >= 11 is 0. The summed E-state index contributed by atoms with van der Waals surface area (Å²) in [6.45, 7) is 7.45. The third-order valence-corrected chi connectivity index (χ3v) is 4.29. The van der Waals surface area contributed by atoms with Gasteiger partial charge >= 0.3 is 0 Å². The minimum absolute atomic E-state index is 0.633. The van der Waals surface area contributed by atoms with Crippen molar-refractivity contribution in [2.75, 3.05) is 13.1 Å². The van der Waals surface area contributed by atoms with Crippen molar-refractivity contribution in [3.63, 3.8) is 0 Å². The standard InChI is InChI=1S/C13H25N/c1-13(2)7-3-4-12(10-13)11-5-8-14-9-6-11/h11-12,14H,3-10H2,1-2H3. The normalized spacial score (nSPS) is 34.3. The van der Waals surface area contributed by atoms with Gasteiger partial charge in [-0.3, -0.25) is 0 Å². The molecule has 1 aliphatic heterocycles. The Kier molecular flexibility index (Phi) is 3.16. The first-order valence-corrected chi connectivity index (χ1v) is 6.38. The molecule has 1 unspecified atom stereocenters. The highest BCUT2D eigenvalue weighted by Gasteiger charge is 2.32. The zero-order chi connectivity index (χ0) is 10.0. The largest absolute Gasteiger partial charge is 0.317 e. The number of hydrogen-bond acceptors (Lipinski definition) is 1. The number of piperidine rings is 1. The predicted molar refractivity (Wildman–Crippen MR) is 61.3 cm³/mol. The van der Waals surface area contributed by atoms with E-state index in [0.717, 1.165) is 11.8 Å². The molecule has 1 heteroatoms. The molecule has 0 radical (unpaired) electrons. The van der Waals surface area contributed by atoms with Crippen molar-refractivity contribution in [2.24, 2.45) is 17.3 Å². The van der Waals surface area contributed by atoms with Gasteiger partial charge in [-0.05, 0) is 56.0 Å². The van der Waals surface area contributed by atoms with Gasteiger partial charge in [-0.25, -0.2) is 0 Å². The Balaban J connectivity index is 1.89. The van der Waals surface area contributed by atoms with Crippen LogP contribution in [-0.2, 0) is 0 Å². The topological polar surface area (TPSA) is 12.0 Å². The van der Waals surface area contributed by atoms with E-state index in [-0.39, 0.29) is 0 Å². The Morgan fingerprint density at radius 3 is 2.36 bits per heavy atom. The van der Waals surface area contributed by atoms with Crippen LogP contribution in [0.1, 0.15) is 52.4 Å². The van der Waals surface area contributed by atoms with E-state index in [1.54, 1.807) is 0 Å². The van der Waals surface area contributed by atoms with E-state index in [1.165, 1.54) is 51.6 Å². The van der Waals surface area contributed by atoms with Crippen LogP contribution in [-0.4, -0.2) is 13.1 Å². The summed E-state index contributed by atoms with van der Waals surface area (Å²) in [5.41, 5.74) is 0.633. The molecule has 0 aromatic carbocycles. The maximum atomic E-state index is 3.47. The number of nitrogens with one attached hydrogen (secondary N) is 1. The average molecular weight is 195 g/mol. The number of rotatable bonds is 1. The van der Waals surface area contributed by atoms with Crippen LogP contribution in [0, 0.1) is 17.3 Å². The van der Waals surface area contributed by atoms with E-state index in [1.807, 2.05) is 0 Å². The minimum Gasteiger partial charge on any atom is -0.317 e. The Hall–Kier alpha value is -0.0400. The van der Waals surface area contributed by atoms with Crippen LogP contribution >= 0.6 is 0 Å². The minimum atomic E-state index is 0.633. The van der Waals surface area contributed by atoms with Crippen LogP contribution < -0.4 is 5.32 Å². The fraction of sp³-hybridized carbons (Fsp3) is 1.00. The fourth-order valence-electron chi connectivity index (χ4n) is 3.47. The van der Waals surface area contributed by atoms with Gasteiger partial charge in [0.25, 0.3) is 0 Å². The first-order chi connectivity index (χ1) is 6.67. The molecular weight excluding hydrogens is 170 g/mol. The molecule has 1 N–H and O–H groups in total. The molecule has 0 aromatic heterocycles. The average Bonchev–Trinajstić information content (AvgIpc) is 2.18. The van der Waals surface area contributed by atoms with Gasteiger partial charge in [-0.15, -0.1) is 0 Å². The van der Waals surface area contributed by atoms with E-state index < -0.39 is 0 Å². The van der Waals surface area contributed by atoms with E-state index in [4.69, 9.17) is 0 Å². The molecule has 2 aliphatic rings. The van der Waals surface area contributed by atoms with Gasteiger partial charge in [0.15, 0.2) is 0 Å². The van der Waals surface area contributed by atoms with Gasteiger partial charge in [-0.1, -0.05) is 26.7 Å². The maximum Gasteiger partial charge on any atom is -0.00462 e. The fourth-order valence-corrected chi connectivity index (χ4v) is 3.47. The van der Waals surface area contributed by atoms with Crippen molar-refractivity contribution in [1.82, 2.24) is 5.32 Å². The second-order valence-corrected chi connectivity index (χ2v) is 6.11. The highest BCUT2D eigenvalue weighted by Crippen LogP contribution is 2.43. The van der Waals surface area contributed by atoms with Crippen LogP contribution in [0.25, 0.3) is 0 Å². The smallest absolute Gasteiger partial charge is 0.00462 e. The van der Waals surface area contributed by atoms with Gasteiger partial charge in [0, 0.05) is 0 Å². The Bertz CT molecular complexity index is 180. The molecule has 1 atom stereocenters. The van der Waals surface area contributed by atoms with Gasteiger partial charge < -0.3 is 5.32 Å². The van der Waals surface area contributed by atoms with Crippen molar-refractivity contribution in [1.29, 1.82) is 0 Å². The Morgan fingerprint density at radius 2 is 1.71 bits per heavy atom. The predicted octanol–water partition coefficient (Wildman–Crippen LogP) is 3.20. The monoisotopic (exact) mass is 195 g/mol. The summed E-state index contributed by atoms with van der Waals surface area (Å²) in [6, 6.07) is 0. The van der Waals surface area contributed by atoms with Crippen molar-refractivity contribution in [2.45, 2.75) is 52.4 Å². The molecule has 1 saturated carbocycles. The lowest BCUT2D eigenvalue weighted by Crippen LogP contribution is -2.35. The molecule has 1 heterocycles. The summed E-state index contributed by atoms with van der Waals surface area (Å²) in [5, 5.41) is 3.47.